The first kappa shape index (κ1) is 21.0. The zero-order valence-corrected chi connectivity index (χ0v) is 17.2. The van der Waals surface area contributed by atoms with Gasteiger partial charge in [0.2, 0.25) is 0 Å². The summed E-state index contributed by atoms with van der Waals surface area (Å²) in [6, 6.07) is 6.24. The van der Waals surface area contributed by atoms with Gasteiger partial charge in [0.25, 0.3) is 0 Å². The van der Waals surface area contributed by atoms with E-state index >= 15 is 0 Å². The van der Waals surface area contributed by atoms with Crippen molar-refractivity contribution >= 4 is 29.9 Å². The normalized spacial score (nSPS) is 15.4. The van der Waals surface area contributed by atoms with E-state index in [1.807, 2.05) is 6.07 Å². The molecule has 5 nitrogen and oxygen atoms in total. The van der Waals surface area contributed by atoms with E-state index in [-0.39, 0.29) is 36.0 Å². The Balaban J connectivity index is 0.00000288. The Morgan fingerprint density at radius 3 is 2.67 bits per heavy atom. The van der Waals surface area contributed by atoms with Crippen LogP contribution in [0.4, 0.5) is 0 Å². The van der Waals surface area contributed by atoms with Gasteiger partial charge in [0.05, 0.1) is 20.3 Å². The first-order chi connectivity index (χ1) is 11.1. The van der Waals surface area contributed by atoms with Crippen LogP contribution in [0.15, 0.2) is 23.2 Å². The summed E-state index contributed by atoms with van der Waals surface area (Å²) in [7, 11) is 1.71. The van der Waals surface area contributed by atoms with Crippen LogP contribution in [-0.2, 0) is 6.42 Å². The summed E-state index contributed by atoms with van der Waals surface area (Å²) in [5.41, 5.74) is 2.48. The van der Waals surface area contributed by atoms with E-state index in [0.29, 0.717) is 6.54 Å². The number of hydrogen-bond donors (Lipinski definition) is 3. The highest BCUT2D eigenvalue weighted by molar-refractivity contribution is 14.0. The number of aliphatic hydroxyl groups excluding tert-OH is 1. The van der Waals surface area contributed by atoms with Gasteiger partial charge in [-0.1, -0.05) is 17.7 Å². The molecule has 0 heterocycles. The summed E-state index contributed by atoms with van der Waals surface area (Å²) in [6.07, 6.45) is 3.03. The first-order valence-electron chi connectivity index (χ1n) is 8.39. The number of aliphatic hydroxyl groups is 1. The number of aryl methyl sites for hydroxylation is 1. The van der Waals surface area contributed by atoms with Gasteiger partial charge in [-0.3, -0.25) is 4.99 Å². The molecule has 1 fully saturated rings. The quantitative estimate of drug-likeness (QED) is 0.326. The molecule has 0 aliphatic heterocycles. The monoisotopic (exact) mass is 447 g/mol. The number of rotatable bonds is 8. The third-order valence-electron chi connectivity index (χ3n) is 4.33. The van der Waals surface area contributed by atoms with E-state index in [1.54, 1.807) is 7.11 Å². The molecule has 0 unspecified atom stereocenters. The number of halogens is 1. The molecule has 136 valence electrons. The molecule has 0 saturated heterocycles. The minimum Gasteiger partial charge on any atom is -0.496 e. The molecule has 0 amide bonds. The van der Waals surface area contributed by atoms with Gasteiger partial charge in [-0.2, -0.15) is 0 Å². The number of benzene rings is 1. The molecular weight excluding hydrogens is 417 g/mol. The average Bonchev–Trinajstić information content (AvgIpc) is 3.33. The minimum atomic E-state index is 0. The average molecular weight is 447 g/mol. The first-order valence-corrected chi connectivity index (χ1v) is 8.39. The van der Waals surface area contributed by atoms with E-state index < -0.39 is 0 Å². The molecule has 1 saturated carbocycles. The Morgan fingerprint density at radius 1 is 1.33 bits per heavy atom. The molecule has 1 aliphatic rings. The van der Waals surface area contributed by atoms with Gasteiger partial charge in [0.1, 0.15) is 5.75 Å². The highest BCUT2D eigenvalue weighted by atomic mass is 127. The summed E-state index contributed by atoms with van der Waals surface area (Å²) in [4.78, 5) is 4.61. The van der Waals surface area contributed by atoms with Crippen LogP contribution in [0.1, 0.15) is 30.9 Å². The van der Waals surface area contributed by atoms with Crippen molar-refractivity contribution in [3.8, 4) is 5.75 Å². The summed E-state index contributed by atoms with van der Waals surface area (Å²) in [6.45, 7) is 6.68. The van der Waals surface area contributed by atoms with Crippen molar-refractivity contribution in [3.05, 3.63) is 29.3 Å². The van der Waals surface area contributed by atoms with Crippen LogP contribution in [-0.4, -0.2) is 44.4 Å². The topological polar surface area (TPSA) is 65.9 Å². The molecule has 6 heteroatoms. The van der Waals surface area contributed by atoms with Crippen LogP contribution in [0.5, 0.6) is 5.75 Å². The molecule has 3 N–H and O–H groups in total. The maximum Gasteiger partial charge on any atom is 0.191 e. The number of nitrogens with one attached hydrogen (secondary N) is 2. The molecule has 1 aromatic carbocycles. The summed E-state index contributed by atoms with van der Waals surface area (Å²) < 4.78 is 5.42. The van der Waals surface area contributed by atoms with Gasteiger partial charge in [-0.15, -0.1) is 24.0 Å². The summed E-state index contributed by atoms with van der Waals surface area (Å²) >= 11 is 0. The lowest BCUT2D eigenvalue weighted by Gasteiger charge is -2.15. The number of nitrogens with zero attached hydrogens (tertiary/aromatic N) is 1. The van der Waals surface area contributed by atoms with Crippen molar-refractivity contribution in [3.63, 3.8) is 0 Å². The maximum atomic E-state index is 9.38. The van der Waals surface area contributed by atoms with Crippen LogP contribution in [0.2, 0.25) is 0 Å². The number of ether oxygens (including phenoxy) is 1. The van der Waals surface area contributed by atoms with Gasteiger partial charge in [0.15, 0.2) is 5.96 Å². The maximum absolute atomic E-state index is 9.38. The highest BCUT2D eigenvalue weighted by Crippen LogP contribution is 2.45. The van der Waals surface area contributed by atoms with E-state index in [2.05, 4.69) is 41.6 Å². The largest absolute Gasteiger partial charge is 0.496 e. The Bertz CT molecular complexity index is 545. The fourth-order valence-electron chi connectivity index (χ4n) is 2.55. The SMILES string of the molecule is CCNC(=NCC1(CO)CC1)NCCc1cc(C)ccc1OC.I. The molecule has 1 aromatic rings. The van der Waals surface area contributed by atoms with Crippen LogP contribution in [0.25, 0.3) is 0 Å². The fourth-order valence-corrected chi connectivity index (χ4v) is 2.55. The van der Waals surface area contributed by atoms with Crippen LogP contribution in [0.3, 0.4) is 0 Å². The summed E-state index contributed by atoms with van der Waals surface area (Å²) in [5.74, 6) is 1.75. The van der Waals surface area contributed by atoms with Crippen LogP contribution in [0, 0.1) is 12.3 Å². The van der Waals surface area contributed by atoms with Gasteiger partial charge in [-0.25, -0.2) is 0 Å². The smallest absolute Gasteiger partial charge is 0.191 e. The fraction of sp³-hybridized carbons (Fsp3) is 0.611. The van der Waals surface area contributed by atoms with Crippen molar-refractivity contribution in [2.45, 2.75) is 33.1 Å². The van der Waals surface area contributed by atoms with Crippen molar-refractivity contribution in [2.75, 3.05) is 33.4 Å². The number of methoxy groups -OCH3 is 1. The molecule has 0 bridgehead atoms. The Kier molecular flexibility index (Phi) is 8.83. The molecular formula is C18H30IN3O2. The number of aliphatic imine (C=N–C) groups is 1. The van der Waals surface area contributed by atoms with Gasteiger partial charge in [0, 0.05) is 18.5 Å². The van der Waals surface area contributed by atoms with E-state index in [0.717, 1.165) is 44.1 Å². The molecule has 1 aliphatic carbocycles. The van der Waals surface area contributed by atoms with E-state index in [9.17, 15) is 5.11 Å². The minimum absolute atomic E-state index is 0. The van der Waals surface area contributed by atoms with Crippen molar-refractivity contribution < 1.29 is 9.84 Å². The summed E-state index contributed by atoms with van der Waals surface area (Å²) in [5, 5.41) is 16.0. The van der Waals surface area contributed by atoms with Crippen LogP contribution < -0.4 is 15.4 Å². The van der Waals surface area contributed by atoms with Crippen LogP contribution >= 0.6 is 24.0 Å². The second-order valence-corrected chi connectivity index (χ2v) is 6.35. The van der Waals surface area contributed by atoms with Crippen molar-refractivity contribution in [1.29, 1.82) is 0 Å². The zero-order chi connectivity index (χ0) is 16.7. The van der Waals surface area contributed by atoms with E-state index in [1.165, 1.54) is 11.1 Å². The predicted octanol–water partition coefficient (Wildman–Crippen LogP) is 2.49. The van der Waals surface area contributed by atoms with Gasteiger partial charge < -0.3 is 20.5 Å². The third kappa shape index (κ3) is 6.12. The Labute approximate surface area is 162 Å². The van der Waals surface area contributed by atoms with Gasteiger partial charge >= 0.3 is 0 Å². The van der Waals surface area contributed by atoms with Crippen molar-refractivity contribution in [1.82, 2.24) is 10.6 Å². The molecule has 0 spiro atoms. The van der Waals surface area contributed by atoms with Crippen molar-refractivity contribution in [2.24, 2.45) is 10.4 Å². The molecule has 0 radical (unpaired) electrons. The highest BCUT2D eigenvalue weighted by Gasteiger charge is 2.41. The second-order valence-electron chi connectivity index (χ2n) is 6.35. The Morgan fingerprint density at radius 2 is 2.08 bits per heavy atom. The molecule has 2 rings (SSSR count). The second kappa shape index (κ2) is 10.1. The lowest BCUT2D eigenvalue weighted by Crippen LogP contribution is -2.39. The van der Waals surface area contributed by atoms with E-state index in [4.69, 9.17) is 4.74 Å². The number of hydrogen-bond acceptors (Lipinski definition) is 3. The molecule has 0 aromatic heterocycles. The Hall–Kier alpha value is -1.02. The van der Waals surface area contributed by atoms with Gasteiger partial charge in [-0.05, 0) is 44.7 Å². The lowest BCUT2D eigenvalue weighted by molar-refractivity contribution is 0.217. The predicted molar refractivity (Wildman–Crippen MR) is 110 cm³/mol. The standard InChI is InChI=1S/C18H29N3O2.HI/c1-4-19-17(21-12-18(13-22)8-9-18)20-10-7-15-11-14(2)5-6-16(15)23-3;/h5-6,11,22H,4,7-10,12-13H2,1-3H3,(H2,19,20,21);1H. The lowest BCUT2D eigenvalue weighted by atomic mass is 10.1. The third-order valence-corrected chi connectivity index (χ3v) is 4.33. The molecule has 0 atom stereocenters. The number of guanidine groups is 1. The zero-order valence-electron chi connectivity index (χ0n) is 14.9. The molecule has 24 heavy (non-hydrogen) atoms.